The lowest BCUT2D eigenvalue weighted by Gasteiger charge is -2.09. The Balaban J connectivity index is 1.69. The van der Waals surface area contributed by atoms with Crippen molar-refractivity contribution in [2.75, 3.05) is 20.2 Å². The van der Waals surface area contributed by atoms with Crippen LogP contribution in [0.1, 0.15) is 22.6 Å². The Bertz CT molecular complexity index is 602. The van der Waals surface area contributed by atoms with E-state index in [4.69, 9.17) is 4.74 Å². The molecule has 22 heavy (non-hydrogen) atoms. The predicted octanol–water partition coefficient (Wildman–Crippen LogP) is 2.09. The number of amides is 1. The van der Waals surface area contributed by atoms with Crippen molar-refractivity contribution >= 4 is 21.8 Å². The lowest BCUT2D eigenvalue weighted by atomic mass is 10.2. The van der Waals surface area contributed by atoms with E-state index in [0.29, 0.717) is 24.4 Å². The zero-order chi connectivity index (χ0) is 15.8. The molecule has 0 radical (unpaired) electrons. The van der Waals surface area contributed by atoms with Gasteiger partial charge in [-0.3, -0.25) is 4.79 Å². The van der Waals surface area contributed by atoms with Gasteiger partial charge in [-0.2, -0.15) is 0 Å². The molecule has 1 aromatic heterocycles. The number of methoxy groups -OCH3 is 1. The van der Waals surface area contributed by atoms with Crippen LogP contribution >= 0.6 is 15.9 Å². The monoisotopic (exact) mass is 366 g/mol. The molecule has 1 amide bonds. The lowest BCUT2D eigenvalue weighted by Crippen LogP contribution is -2.27. The van der Waals surface area contributed by atoms with Gasteiger partial charge >= 0.3 is 0 Å². The molecule has 3 N–H and O–H groups in total. The first-order chi connectivity index (χ1) is 10.7. The highest BCUT2D eigenvalue weighted by Crippen LogP contribution is 2.22. The summed E-state index contributed by atoms with van der Waals surface area (Å²) in [4.78, 5) is 19.3. The van der Waals surface area contributed by atoms with Gasteiger partial charge in [-0.25, -0.2) is 4.98 Å². The van der Waals surface area contributed by atoms with Crippen LogP contribution in [0.2, 0.25) is 0 Å². The third-order valence-corrected chi connectivity index (χ3v) is 3.77. The maximum absolute atomic E-state index is 12.1. The maximum Gasteiger partial charge on any atom is 0.252 e. The predicted molar refractivity (Wildman–Crippen MR) is 87.9 cm³/mol. The fourth-order valence-corrected chi connectivity index (χ4v) is 2.34. The van der Waals surface area contributed by atoms with Gasteiger partial charge in [-0.1, -0.05) is 0 Å². The second-order valence-corrected chi connectivity index (χ2v) is 5.52. The summed E-state index contributed by atoms with van der Waals surface area (Å²) in [6.07, 6.45) is 4.36. The summed E-state index contributed by atoms with van der Waals surface area (Å²) >= 11 is 3.38. The van der Waals surface area contributed by atoms with E-state index in [1.165, 1.54) is 0 Å². The molecule has 0 aliphatic heterocycles. The van der Waals surface area contributed by atoms with E-state index in [9.17, 15) is 4.79 Å². The summed E-state index contributed by atoms with van der Waals surface area (Å²) in [5.74, 6) is 1.45. The number of nitrogens with one attached hydrogen (secondary N) is 3. The minimum atomic E-state index is -0.114. The van der Waals surface area contributed by atoms with Crippen molar-refractivity contribution in [3.63, 3.8) is 0 Å². The molecule has 0 aliphatic carbocycles. The molecular formula is C15H19BrN4O2. The van der Waals surface area contributed by atoms with Crippen LogP contribution in [0.3, 0.4) is 0 Å². The summed E-state index contributed by atoms with van der Waals surface area (Å²) < 4.78 is 5.88. The number of carbonyl (C=O) groups is 1. The van der Waals surface area contributed by atoms with Gasteiger partial charge in [0.25, 0.3) is 5.91 Å². The SMILES string of the molecule is COc1ccc(Br)c(C(=O)NCCCNCc2ncc[nH]2)c1. The number of rotatable bonds is 8. The second-order valence-electron chi connectivity index (χ2n) is 4.67. The van der Waals surface area contributed by atoms with Crippen LogP contribution in [0, 0.1) is 0 Å². The summed E-state index contributed by atoms with van der Waals surface area (Å²) in [5, 5.41) is 6.15. The molecule has 0 aliphatic rings. The van der Waals surface area contributed by atoms with Gasteiger partial charge in [0, 0.05) is 23.4 Å². The Morgan fingerprint density at radius 3 is 3.00 bits per heavy atom. The molecule has 7 heteroatoms. The molecule has 0 saturated carbocycles. The summed E-state index contributed by atoms with van der Waals surface area (Å²) in [7, 11) is 1.58. The Morgan fingerprint density at radius 1 is 1.41 bits per heavy atom. The summed E-state index contributed by atoms with van der Waals surface area (Å²) in [6.45, 7) is 2.11. The lowest BCUT2D eigenvalue weighted by molar-refractivity contribution is 0.0952. The van der Waals surface area contributed by atoms with Gasteiger partial charge < -0.3 is 20.4 Å². The van der Waals surface area contributed by atoms with E-state index in [1.54, 1.807) is 37.7 Å². The molecule has 0 bridgehead atoms. The van der Waals surface area contributed by atoms with Crippen molar-refractivity contribution in [2.45, 2.75) is 13.0 Å². The summed E-state index contributed by atoms with van der Waals surface area (Å²) in [6, 6.07) is 5.33. The van der Waals surface area contributed by atoms with Crippen molar-refractivity contribution < 1.29 is 9.53 Å². The fourth-order valence-electron chi connectivity index (χ4n) is 1.92. The molecular weight excluding hydrogens is 348 g/mol. The molecule has 1 heterocycles. The highest BCUT2D eigenvalue weighted by Gasteiger charge is 2.10. The molecule has 2 aromatic rings. The molecule has 0 atom stereocenters. The number of benzene rings is 1. The van der Waals surface area contributed by atoms with Gasteiger partial charge in [0.15, 0.2) is 0 Å². The molecule has 118 valence electrons. The number of hydrogen-bond acceptors (Lipinski definition) is 4. The second kappa shape index (κ2) is 8.55. The van der Waals surface area contributed by atoms with E-state index < -0.39 is 0 Å². The molecule has 2 rings (SSSR count). The number of nitrogens with zero attached hydrogens (tertiary/aromatic N) is 1. The number of aromatic amines is 1. The maximum atomic E-state index is 12.1. The van der Waals surface area contributed by atoms with Crippen LogP contribution in [0.4, 0.5) is 0 Å². The normalized spacial score (nSPS) is 10.5. The van der Waals surface area contributed by atoms with Crippen molar-refractivity contribution in [2.24, 2.45) is 0 Å². The first-order valence-electron chi connectivity index (χ1n) is 7.01. The molecule has 6 nitrogen and oxygen atoms in total. The van der Waals surface area contributed by atoms with Gasteiger partial charge in [0.1, 0.15) is 11.6 Å². The first kappa shape index (κ1) is 16.5. The topological polar surface area (TPSA) is 79.0 Å². The van der Waals surface area contributed by atoms with Gasteiger partial charge in [0.05, 0.1) is 19.2 Å². The zero-order valence-electron chi connectivity index (χ0n) is 12.4. The number of halogens is 1. The molecule has 0 unspecified atom stereocenters. The minimum Gasteiger partial charge on any atom is -0.497 e. The molecule has 0 fully saturated rings. The number of aromatic nitrogens is 2. The Morgan fingerprint density at radius 2 is 2.27 bits per heavy atom. The van der Waals surface area contributed by atoms with Crippen LogP contribution in [0.25, 0.3) is 0 Å². The Kier molecular flexibility index (Phi) is 6.42. The van der Waals surface area contributed by atoms with Crippen molar-refractivity contribution in [3.05, 3.63) is 46.5 Å². The highest BCUT2D eigenvalue weighted by atomic mass is 79.9. The van der Waals surface area contributed by atoms with Gasteiger partial charge in [-0.05, 0) is 47.1 Å². The van der Waals surface area contributed by atoms with Crippen LogP contribution in [0.15, 0.2) is 35.1 Å². The number of hydrogen-bond donors (Lipinski definition) is 3. The van der Waals surface area contributed by atoms with Crippen molar-refractivity contribution in [1.29, 1.82) is 0 Å². The number of ether oxygens (including phenoxy) is 1. The Labute approximate surface area is 137 Å². The molecule has 0 saturated heterocycles. The third kappa shape index (κ3) is 4.85. The number of H-pyrrole nitrogens is 1. The highest BCUT2D eigenvalue weighted by molar-refractivity contribution is 9.10. The summed E-state index contributed by atoms with van der Waals surface area (Å²) in [5.41, 5.74) is 0.572. The van der Waals surface area contributed by atoms with Crippen LogP contribution in [-0.2, 0) is 6.54 Å². The van der Waals surface area contributed by atoms with Crippen molar-refractivity contribution in [3.8, 4) is 5.75 Å². The standard InChI is InChI=1S/C15H19BrN4O2/c1-22-11-3-4-13(16)12(9-11)15(21)20-6-2-5-17-10-14-18-7-8-19-14/h3-4,7-9,17H,2,5-6,10H2,1H3,(H,18,19)(H,20,21). The first-order valence-corrected chi connectivity index (χ1v) is 7.80. The van der Waals surface area contributed by atoms with E-state index in [0.717, 1.165) is 23.3 Å². The number of imidazole rings is 1. The fraction of sp³-hybridized carbons (Fsp3) is 0.333. The van der Waals surface area contributed by atoms with Gasteiger partial charge in [0.2, 0.25) is 0 Å². The third-order valence-electron chi connectivity index (χ3n) is 3.08. The molecule has 1 aromatic carbocycles. The van der Waals surface area contributed by atoms with E-state index >= 15 is 0 Å². The quantitative estimate of drug-likeness (QED) is 0.625. The van der Waals surface area contributed by atoms with Crippen LogP contribution in [0.5, 0.6) is 5.75 Å². The minimum absolute atomic E-state index is 0.114. The van der Waals surface area contributed by atoms with Crippen LogP contribution in [-0.4, -0.2) is 36.1 Å². The smallest absolute Gasteiger partial charge is 0.252 e. The van der Waals surface area contributed by atoms with Gasteiger partial charge in [-0.15, -0.1) is 0 Å². The van der Waals surface area contributed by atoms with Crippen LogP contribution < -0.4 is 15.4 Å². The van der Waals surface area contributed by atoms with E-state index in [2.05, 4.69) is 36.5 Å². The largest absolute Gasteiger partial charge is 0.497 e. The average molecular weight is 367 g/mol. The number of carbonyl (C=O) groups excluding carboxylic acids is 1. The Hall–Kier alpha value is -1.86. The zero-order valence-corrected chi connectivity index (χ0v) is 13.9. The van der Waals surface area contributed by atoms with Crippen molar-refractivity contribution in [1.82, 2.24) is 20.6 Å². The molecule has 0 spiro atoms. The van der Waals surface area contributed by atoms with E-state index in [1.807, 2.05) is 0 Å². The average Bonchev–Trinajstić information content (AvgIpc) is 3.04. The van der Waals surface area contributed by atoms with E-state index in [-0.39, 0.29) is 5.91 Å².